The predicted octanol–water partition coefficient (Wildman–Crippen LogP) is 5.57. The summed E-state index contributed by atoms with van der Waals surface area (Å²) < 4.78 is 1.85. The molecule has 5 nitrogen and oxygen atoms in total. The normalized spacial score (nSPS) is 11.2. The van der Waals surface area contributed by atoms with Crippen LogP contribution in [-0.4, -0.2) is 19.6 Å². The summed E-state index contributed by atoms with van der Waals surface area (Å²) in [7, 11) is 0. The van der Waals surface area contributed by atoms with Crippen molar-refractivity contribution in [2.45, 2.75) is 6.54 Å². The van der Waals surface area contributed by atoms with E-state index in [0.29, 0.717) is 6.54 Å². The van der Waals surface area contributed by atoms with Gasteiger partial charge in [0.15, 0.2) is 5.65 Å². The van der Waals surface area contributed by atoms with E-state index in [2.05, 4.69) is 51.8 Å². The van der Waals surface area contributed by atoms with E-state index in [4.69, 9.17) is 4.98 Å². The van der Waals surface area contributed by atoms with Gasteiger partial charge in [0, 0.05) is 36.1 Å². The maximum Gasteiger partial charge on any atom is 0.165 e. The summed E-state index contributed by atoms with van der Waals surface area (Å²) in [6, 6.07) is 26.4. The molecule has 31 heavy (non-hydrogen) atoms. The Balaban J connectivity index is 1.56. The minimum atomic E-state index is 0.649. The highest BCUT2D eigenvalue weighted by atomic mass is 15.3. The summed E-state index contributed by atoms with van der Waals surface area (Å²) >= 11 is 0. The standard InChI is InChI=1S/C26H21N5/c1-3-8-20(9-4-1)13-14-23-19-29-31-25(28-18-21-10-7-15-27-17-21)16-24(30-26(23)31)22-11-5-2-6-12-22/h1-17,19,28H,18H2. The van der Waals surface area contributed by atoms with Crippen LogP contribution < -0.4 is 5.32 Å². The SMILES string of the molecule is C(=Cc1cnn2c(NCc3cccnc3)cc(-c3ccccc3)nc12)c1ccccc1. The van der Waals surface area contributed by atoms with Crippen molar-refractivity contribution in [1.29, 1.82) is 0 Å². The molecule has 150 valence electrons. The molecular weight excluding hydrogens is 382 g/mol. The lowest BCUT2D eigenvalue weighted by Gasteiger charge is -2.11. The van der Waals surface area contributed by atoms with Crippen molar-refractivity contribution < 1.29 is 0 Å². The first-order valence-corrected chi connectivity index (χ1v) is 10.2. The van der Waals surface area contributed by atoms with Gasteiger partial charge < -0.3 is 5.32 Å². The zero-order chi connectivity index (χ0) is 20.9. The van der Waals surface area contributed by atoms with E-state index in [-0.39, 0.29) is 0 Å². The summed E-state index contributed by atoms with van der Waals surface area (Å²) in [4.78, 5) is 9.13. The molecule has 5 aromatic rings. The van der Waals surface area contributed by atoms with Crippen molar-refractivity contribution in [2.75, 3.05) is 5.32 Å². The Kier molecular flexibility index (Phi) is 5.22. The molecule has 0 bridgehead atoms. The van der Waals surface area contributed by atoms with Crippen LogP contribution in [0.1, 0.15) is 16.7 Å². The molecule has 0 saturated carbocycles. The van der Waals surface area contributed by atoms with E-state index in [1.54, 1.807) is 6.20 Å². The van der Waals surface area contributed by atoms with Gasteiger partial charge in [0.2, 0.25) is 0 Å². The summed E-state index contributed by atoms with van der Waals surface area (Å²) in [6.07, 6.45) is 9.63. The van der Waals surface area contributed by atoms with Crippen molar-refractivity contribution in [3.63, 3.8) is 0 Å². The van der Waals surface area contributed by atoms with Gasteiger partial charge in [-0.3, -0.25) is 4.98 Å². The van der Waals surface area contributed by atoms with E-state index in [1.165, 1.54) is 0 Å². The van der Waals surface area contributed by atoms with Crippen LogP contribution in [0.25, 0.3) is 29.1 Å². The topological polar surface area (TPSA) is 55.1 Å². The molecule has 5 heteroatoms. The van der Waals surface area contributed by atoms with Gasteiger partial charge in [0.25, 0.3) is 0 Å². The fraction of sp³-hybridized carbons (Fsp3) is 0.0385. The number of rotatable bonds is 6. The van der Waals surface area contributed by atoms with Gasteiger partial charge in [-0.1, -0.05) is 72.8 Å². The first-order valence-electron chi connectivity index (χ1n) is 10.2. The van der Waals surface area contributed by atoms with Gasteiger partial charge in [-0.2, -0.15) is 9.61 Å². The first kappa shape index (κ1) is 18.8. The third-order valence-corrected chi connectivity index (χ3v) is 5.02. The largest absolute Gasteiger partial charge is 0.366 e. The first-order chi connectivity index (χ1) is 15.4. The number of hydrogen-bond acceptors (Lipinski definition) is 4. The van der Waals surface area contributed by atoms with Crippen molar-refractivity contribution in [1.82, 2.24) is 19.6 Å². The lowest BCUT2D eigenvalue weighted by molar-refractivity contribution is 0.925. The van der Waals surface area contributed by atoms with Gasteiger partial charge in [-0.15, -0.1) is 0 Å². The molecule has 1 N–H and O–H groups in total. The van der Waals surface area contributed by atoms with E-state index in [1.807, 2.05) is 71.5 Å². The van der Waals surface area contributed by atoms with Gasteiger partial charge in [0.1, 0.15) is 5.82 Å². The monoisotopic (exact) mass is 403 g/mol. The summed E-state index contributed by atoms with van der Waals surface area (Å²) in [6.45, 7) is 0.649. The fourth-order valence-corrected chi connectivity index (χ4v) is 3.43. The molecular formula is C26H21N5. The highest BCUT2D eigenvalue weighted by molar-refractivity contribution is 5.78. The Hall–Kier alpha value is -4.25. The van der Waals surface area contributed by atoms with Crippen LogP contribution in [0.4, 0.5) is 5.82 Å². The Morgan fingerprint density at radius 2 is 1.65 bits per heavy atom. The van der Waals surface area contributed by atoms with Gasteiger partial charge in [0.05, 0.1) is 11.9 Å². The average molecular weight is 403 g/mol. The van der Waals surface area contributed by atoms with Crippen LogP contribution in [0.15, 0.2) is 97.5 Å². The van der Waals surface area contributed by atoms with Crippen molar-refractivity contribution >= 4 is 23.6 Å². The zero-order valence-electron chi connectivity index (χ0n) is 16.9. The van der Waals surface area contributed by atoms with Gasteiger partial charge in [-0.05, 0) is 23.3 Å². The summed E-state index contributed by atoms with van der Waals surface area (Å²) in [5.74, 6) is 0.882. The number of anilines is 1. The van der Waals surface area contributed by atoms with Crippen molar-refractivity contribution in [3.8, 4) is 11.3 Å². The van der Waals surface area contributed by atoms with Gasteiger partial charge in [-0.25, -0.2) is 4.98 Å². The second kappa shape index (κ2) is 8.63. The molecule has 0 saturated heterocycles. The van der Waals surface area contributed by atoms with Crippen molar-refractivity contribution in [2.24, 2.45) is 0 Å². The minimum absolute atomic E-state index is 0.649. The fourth-order valence-electron chi connectivity index (χ4n) is 3.43. The van der Waals surface area contributed by atoms with Gasteiger partial charge >= 0.3 is 0 Å². The van der Waals surface area contributed by atoms with Crippen LogP contribution >= 0.6 is 0 Å². The quantitative estimate of drug-likeness (QED) is 0.402. The maximum atomic E-state index is 4.93. The molecule has 0 aliphatic heterocycles. The number of nitrogens with one attached hydrogen (secondary N) is 1. The van der Waals surface area contributed by atoms with Crippen LogP contribution in [0.5, 0.6) is 0 Å². The Morgan fingerprint density at radius 1 is 0.839 bits per heavy atom. The maximum absolute atomic E-state index is 4.93. The molecule has 0 spiro atoms. The minimum Gasteiger partial charge on any atom is -0.366 e. The smallest absolute Gasteiger partial charge is 0.165 e. The van der Waals surface area contributed by atoms with E-state index < -0.39 is 0 Å². The second-order valence-corrected chi connectivity index (χ2v) is 7.19. The average Bonchev–Trinajstić information content (AvgIpc) is 3.26. The molecule has 3 heterocycles. The second-order valence-electron chi connectivity index (χ2n) is 7.19. The van der Waals surface area contributed by atoms with Crippen molar-refractivity contribution in [3.05, 3.63) is 114 Å². The lowest BCUT2D eigenvalue weighted by Crippen LogP contribution is -2.07. The number of hydrogen-bond donors (Lipinski definition) is 1. The highest BCUT2D eigenvalue weighted by Crippen LogP contribution is 2.25. The molecule has 0 fully saturated rings. The molecule has 0 aliphatic rings. The lowest BCUT2D eigenvalue weighted by atomic mass is 10.1. The highest BCUT2D eigenvalue weighted by Gasteiger charge is 2.11. The summed E-state index contributed by atoms with van der Waals surface area (Å²) in [5.41, 5.74) is 5.97. The van der Waals surface area contributed by atoms with E-state index in [9.17, 15) is 0 Å². The van der Waals surface area contributed by atoms with Crippen LogP contribution in [0.3, 0.4) is 0 Å². The van der Waals surface area contributed by atoms with E-state index >= 15 is 0 Å². The Morgan fingerprint density at radius 3 is 2.42 bits per heavy atom. The number of fused-ring (bicyclic) bond motifs is 1. The third-order valence-electron chi connectivity index (χ3n) is 5.02. The van der Waals surface area contributed by atoms with Crippen LogP contribution in [0.2, 0.25) is 0 Å². The predicted molar refractivity (Wildman–Crippen MR) is 125 cm³/mol. The molecule has 3 aromatic heterocycles. The molecule has 0 atom stereocenters. The van der Waals surface area contributed by atoms with Crippen LogP contribution in [0, 0.1) is 0 Å². The number of nitrogens with zero attached hydrogens (tertiary/aromatic N) is 4. The third kappa shape index (κ3) is 4.21. The Labute approximate surface area is 180 Å². The molecule has 0 unspecified atom stereocenters. The molecule has 0 aliphatic carbocycles. The number of pyridine rings is 1. The molecule has 0 amide bonds. The zero-order valence-corrected chi connectivity index (χ0v) is 16.9. The number of benzene rings is 2. The Bertz CT molecular complexity index is 1310. The molecule has 5 rings (SSSR count). The molecule has 2 aromatic carbocycles. The molecule has 0 radical (unpaired) electrons. The summed E-state index contributed by atoms with van der Waals surface area (Å²) in [5, 5.41) is 8.10. The van der Waals surface area contributed by atoms with E-state index in [0.717, 1.165) is 39.4 Å². The van der Waals surface area contributed by atoms with Crippen LogP contribution in [-0.2, 0) is 6.54 Å². The number of aromatic nitrogens is 4.